The third-order valence-electron chi connectivity index (χ3n) is 7.29. The first-order valence-corrected chi connectivity index (χ1v) is 14.9. The molecule has 2 aromatic rings. The Morgan fingerprint density at radius 3 is 2.30 bits per heavy atom. The topological polar surface area (TPSA) is 71.1 Å². The van der Waals surface area contributed by atoms with Crippen LogP contribution in [0.2, 0.25) is 0 Å². The molecule has 2 aliphatic rings. The van der Waals surface area contributed by atoms with E-state index in [1.165, 1.54) is 18.1 Å². The number of likely N-dealkylation sites (tertiary alicyclic amines) is 1. The van der Waals surface area contributed by atoms with Gasteiger partial charge in [-0.1, -0.05) is 23.9 Å². The van der Waals surface area contributed by atoms with Gasteiger partial charge in [-0.15, -0.1) is 0 Å². The Hall–Kier alpha value is -3.23. The summed E-state index contributed by atoms with van der Waals surface area (Å²) in [6, 6.07) is 8.41. The van der Waals surface area contributed by atoms with Gasteiger partial charge in [0, 0.05) is 60.9 Å². The summed E-state index contributed by atoms with van der Waals surface area (Å²) < 4.78 is 95.6. The van der Waals surface area contributed by atoms with E-state index < -0.39 is 39.8 Å². The predicted molar refractivity (Wildman–Crippen MR) is 153 cm³/mol. The number of anilines is 1. The van der Waals surface area contributed by atoms with Crippen LogP contribution in [0, 0.1) is 0 Å². The van der Waals surface area contributed by atoms with Crippen LogP contribution in [0.3, 0.4) is 0 Å². The maximum Gasteiger partial charge on any atom is 0.418 e. The van der Waals surface area contributed by atoms with Gasteiger partial charge >= 0.3 is 12.4 Å². The van der Waals surface area contributed by atoms with Gasteiger partial charge in [-0.25, -0.2) is 0 Å². The summed E-state index contributed by atoms with van der Waals surface area (Å²) in [6.07, 6.45) is -7.41. The Kier molecular flexibility index (Phi) is 11.2. The van der Waals surface area contributed by atoms with Crippen molar-refractivity contribution in [3.8, 4) is 0 Å². The first-order chi connectivity index (χ1) is 20.9. The molecule has 0 spiro atoms. The number of carbonyl (C=O) groups excluding carboxylic acids is 2. The van der Waals surface area contributed by atoms with E-state index >= 15 is 0 Å². The molecule has 44 heavy (non-hydrogen) atoms. The van der Waals surface area contributed by atoms with Crippen LogP contribution in [0.4, 0.5) is 32.0 Å². The lowest BCUT2D eigenvalue weighted by atomic mass is 9.99. The number of amides is 2. The summed E-state index contributed by atoms with van der Waals surface area (Å²) in [5, 5.41) is 3.32. The van der Waals surface area contributed by atoms with E-state index in [9.17, 15) is 35.9 Å². The van der Waals surface area contributed by atoms with Gasteiger partial charge in [0.2, 0.25) is 11.8 Å². The Morgan fingerprint density at radius 2 is 1.66 bits per heavy atom. The zero-order valence-corrected chi connectivity index (χ0v) is 24.8. The number of piperidine rings is 1. The molecule has 2 saturated heterocycles. The summed E-state index contributed by atoms with van der Waals surface area (Å²) >= 11 is 0.577. The van der Waals surface area contributed by atoms with Crippen molar-refractivity contribution < 1.29 is 45.4 Å². The zero-order valence-electron chi connectivity index (χ0n) is 24.0. The number of alkyl halides is 6. The highest BCUT2D eigenvalue weighted by Gasteiger charge is 2.46. The largest absolute Gasteiger partial charge is 0.418 e. The van der Waals surface area contributed by atoms with Crippen molar-refractivity contribution in [2.24, 2.45) is 0 Å². The minimum atomic E-state index is -5.34. The number of methoxy groups -OCH3 is 1. The number of halogens is 6. The van der Waals surface area contributed by atoms with E-state index in [4.69, 9.17) is 9.47 Å². The molecule has 14 heteroatoms. The molecule has 2 fully saturated rings. The van der Waals surface area contributed by atoms with Crippen LogP contribution in [-0.4, -0.2) is 80.8 Å². The number of ether oxygens (including phenoxy) is 2. The molecule has 7 nitrogen and oxygen atoms in total. The van der Waals surface area contributed by atoms with Gasteiger partial charge in [0.05, 0.1) is 37.4 Å². The SMILES string of the molecule is COCCC(=O)N1CCC(Nc2cccc(Sc3ccc(/C=C/C(=O)N4CCOCC4)c(C(F)(F)F)c3C(F)(F)F)c2)CC1. The fraction of sp³-hybridized carbons (Fsp3) is 0.467. The third kappa shape index (κ3) is 8.91. The molecular weight excluding hydrogens is 612 g/mol. The van der Waals surface area contributed by atoms with Crippen LogP contribution in [-0.2, 0) is 31.4 Å². The monoisotopic (exact) mass is 645 g/mol. The van der Waals surface area contributed by atoms with Crippen molar-refractivity contribution >= 4 is 35.3 Å². The zero-order chi connectivity index (χ0) is 31.9. The minimum absolute atomic E-state index is 0.00704. The fourth-order valence-corrected chi connectivity index (χ4v) is 6.14. The minimum Gasteiger partial charge on any atom is -0.384 e. The van der Waals surface area contributed by atoms with Gasteiger partial charge in [-0.3, -0.25) is 9.59 Å². The second kappa shape index (κ2) is 14.7. The van der Waals surface area contributed by atoms with E-state index in [0.29, 0.717) is 61.3 Å². The van der Waals surface area contributed by atoms with Crippen LogP contribution in [0.15, 0.2) is 52.3 Å². The second-order valence-electron chi connectivity index (χ2n) is 10.3. The number of hydrogen-bond donors (Lipinski definition) is 1. The number of nitrogens with one attached hydrogen (secondary N) is 1. The van der Waals surface area contributed by atoms with Crippen molar-refractivity contribution in [3.63, 3.8) is 0 Å². The smallest absolute Gasteiger partial charge is 0.384 e. The van der Waals surface area contributed by atoms with Crippen LogP contribution >= 0.6 is 11.8 Å². The Bertz CT molecular complexity index is 1340. The van der Waals surface area contributed by atoms with E-state index in [0.717, 1.165) is 24.3 Å². The quantitative estimate of drug-likeness (QED) is 0.259. The number of morpholine rings is 1. The molecule has 0 aromatic heterocycles. The van der Waals surface area contributed by atoms with Crippen LogP contribution < -0.4 is 5.32 Å². The van der Waals surface area contributed by atoms with Gasteiger partial charge < -0.3 is 24.6 Å². The molecule has 0 saturated carbocycles. The summed E-state index contributed by atoms with van der Waals surface area (Å²) in [7, 11) is 1.53. The highest BCUT2D eigenvalue weighted by Crippen LogP contribution is 2.48. The number of carbonyl (C=O) groups is 2. The first-order valence-electron chi connectivity index (χ1n) is 14.0. The number of benzene rings is 2. The van der Waals surface area contributed by atoms with Crippen molar-refractivity contribution in [3.05, 3.63) is 59.2 Å². The van der Waals surface area contributed by atoms with E-state index in [-0.39, 0.29) is 38.3 Å². The Balaban J connectivity index is 1.53. The highest BCUT2D eigenvalue weighted by molar-refractivity contribution is 7.99. The molecule has 0 unspecified atom stereocenters. The normalized spacial score (nSPS) is 16.9. The molecule has 240 valence electrons. The number of hydrogen-bond acceptors (Lipinski definition) is 6. The van der Waals surface area contributed by atoms with Crippen molar-refractivity contribution in [2.75, 3.05) is 58.4 Å². The molecule has 4 rings (SSSR count). The van der Waals surface area contributed by atoms with Crippen LogP contribution in [0.5, 0.6) is 0 Å². The lowest BCUT2D eigenvalue weighted by Crippen LogP contribution is -2.42. The standard InChI is InChI=1S/C30H33F6N3O4S/c1-42-16-11-26(41)38-12-9-21(10-13-38)37-22-3-2-4-23(19-22)44-24-7-5-20(6-8-25(40)39-14-17-43-18-15-39)27(29(31,32)33)28(24)30(34,35)36/h2-8,19,21,37H,9-18H2,1H3/b8-6+. The maximum absolute atomic E-state index is 14.3. The first kappa shape index (κ1) is 33.7. The summed E-state index contributed by atoms with van der Waals surface area (Å²) in [5.74, 6) is -0.603. The van der Waals surface area contributed by atoms with E-state index in [1.807, 2.05) is 0 Å². The summed E-state index contributed by atoms with van der Waals surface area (Å²) in [6.45, 7) is 2.44. The molecule has 2 aliphatic heterocycles. The number of nitrogens with zero attached hydrogens (tertiary/aromatic N) is 2. The van der Waals surface area contributed by atoms with Crippen molar-refractivity contribution in [2.45, 2.75) is 47.4 Å². The molecule has 0 atom stereocenters. The molecule has 2 heterocycles. The lowest BCUT2D eigenvalue weighted by Gasteiger charge is -2.33. The van der Waals surface area contributed by atoms with Crippen LogP contribution in [0.25, 0.3) is 6.08 Å². The molecule has 2 amide bonds. The van der Waals surface area contributed by atoms with Gasteiger partial charge in [0.25, 0.3) is 0 Å². The second-order valence-corrected chi connectivity index (χ2v) is 11.5. The molecular formula is C30H33F6N3O4S. The van der Waals surface area contributed by atoms with E-state index in [1.54, 1.807) is 23.1 Å². The Labute approximate surface area is 255 Å². The summed E-state index contributed by atoms with van der Waals surface area (Å²) in [5.41, 5.74) is -3.80. The predicted octanol–water partition coefficient (Wildman–Crippen LogP) is 6.19. The van der Waals surface area contributed by atoms with E-state index in [2.05, 4.69) is 5.32 Å². The fourth-order valence-electron chi connectivity index (χ4n) is 5.09. The molecule has 2 aromatic carbocycles. The average Bonchev–Trinajstić information content (AvgIpc) is 2.98. The van der Waals surface area contributed by atoms with Gasteiger partial charge in [0.1, 0.15) is 0 Å². The van der Waals surface area contributed by atoms with Crippen molar-refractivity contribution in [1.82, 2.24) is 9.80 Å². The van der Waals surface area contributed by atoms with Crippen LogP contribution in [0.1, 0.15) is 36.0 Å². The number of rotatable bonds is 9. The lowest BCUT2D eigenvalue weighted by molar-refractivity contribution is -0.163. The maximum atomic E-state index is 14.3. The van der Waals surface area contributed by atoms with Gasteiger partial charge in [-0.05, 0) is 48.7 Å². The summed E-state index contributed by atoms with van der Waals surface area (Å²) in [4.78, 5) is 27.5. The van der Waals surface area contributed by atoms with Gasteiger partial charge in [0.15, 0.2) is 0 Å². The molecule has 1 N–H and O–H groups in total. The Morgan fingerprint density at radius 1 is 0.977 bits per heavy atom. The van der Waals surface area contributed by atoms with Crippen molar-refractivity contribution in [1.29, 1.82) is 0 Å². The highest BCUT2D eigenvalue weighted by atomic mass is 32.2. The van der Waals surface area contributed by atoms with Gasteiger partial charge in [-0.2, -0.15) is 26.3 Å². The molecule has 0 bridgehead atoms. The average molecular weight is 646 g/mol. The molecule has 0 radical (unpaired) electrons. The third-order valence-corrected chi connectivity index (χ3v) is 8.34. The molecule has 0 aliphatic carbocycles.